The van der Waals surface area contributed by atoms with Crippen LogP contribution in [-0.2, 0) is 22.6 Å². The van der Waals surface area contributed by atoms with E-state index in [1.54, 1.807) is 17.2 Å². The molecule has 7 heteroatoms. The number of nitrogens with zero attached hydrogens (tertiary/aromatic N) is 4. The van der Waals surface area contributed by atoms with E-state index >= 15 is 0 Å². The van der Waals surface area contributed by atoms with Crippen LogP contribution in [0.5, 0.6) is 0 Å². The van der Waals surface area contributed by atoms with Gasteiger partial charge in [0.25, 0.3) is 5.91 Å². The van der Waals surface area contributed by atoms with Crippen LogP contribution >= 0.6 is 0 Å². The van der Waals surface area contributed by atoms with Gasteiger partial charge in [-0.15, -0.1) is 0 Å². The minimum atomic E-state index is -1.02. The maximum atomic E-state index is 13.9. The van der Waals surface area contributed by atoms with Gasteiger partial charge in [0.05, 0.1) is 12.7 Å². The molecular formula is C31H30N4O3. The molecule has 3 aliphatic heterocycles. The van der Waals surface area contributed by atoms with E-state index < -0.39 is 6.10 Å². The summed E-state index contributed by atoms with van der Waals surface area (Å²) in [7, 11) is 0. The molecule has 1 amide bonds. The highest BCUT2D eigenvalue weighted by Gasteiger charge is 2.43. The summed E-state index contributed by atoms with van der Waals surface area (Å²) >= 11 is 0. The van der Waals surface area contributed by atoms with Crippen molar-refractivity contribution in [2.24, 2.45) is 0 Å². The van der Waals surface area contributed by atoms with Gasteiger partial charge in [0.1, 0.15) is 12.7 Å². The second-order valence-electron chi connectivity index (χ2n) is 9.59. The van der Waals surface area contributed by atoms with Crippen LogP contribution in [0.2, 0.25) is 0 Å². The number of pyridine rings is 1. The molecule has 2 bridgehead atoms. The lowest BCUT2D eigenvalue weighted by Gasteiger charge is -2.49. The molecule has 1 N–H and O–H groups in total. The maximum Gasteiger partial charge on any atom is 0.276 e. The lowest BCUT2D eigenvalue weighted by Crippen LogP contribution is -2.58. The first-order valence-corrected chi connectivity index (χ1v) is 13.0. The molecule has 2 aromatic carbocycles. The molecule has 0 radical (unpaired) electrons. The molecule has 3 unspecified atom stereocenters. The average Bonchev–Trinajstić information content (AvgIpc) is 2.99. The molecular weight excluding hydrogens is 476 g/mol. The summed E-state index contributed by atoms with van der Waals surface area (Å²) in [4.78, 5) is 20.5. The Morgan fingerprint density at radius 3 is 2.58 bits per heavy atom. The number of aliphatic hydroxyl groups excluding tert-OH is 1. The van der Waals surface area contributed by atoms with Crippen LogP contribution in [0.1, 0.15) is 34.8 Å². The predicted molar refractivity (Wildman–Crippen MR) is 144 cm³/mol. The fourth-order valence-electron chi connectivity index (χ4n) is 5.28. The number of ether oxygens (including phenoxy) is 1. The van der Waals surface area contributed by atoms with Gasteiger partial charge in [-0.05, 0) is 41.7 Å². The number of hydrazine groups is 1. The molecule has 0 saturated carbocycles. The fourth-order valence-corrected chi connectivity index (χ4v) is 5.28. The zero-order valence-electron chi connectivity index (χ0n) is 21.1. The zero-order chi connectivity index (χ0) is 25.9. The third kappa shape index (κ3) is 4.62. The van der Waals surface area contributed by atoms with E-state index in [9.17, 15) is 9.90 Å². The first kappa shape index (κ1) is 24.2. The highest BCUT2D eigenvalue weighted by molar-refractivity contribution is 5.94. The van der Waals surface area contributed by atoms with Crippen molar-refractivity contribution in [3.05, 3.63) is 137 Å². The van der Waals surface area contributed by atoms with Crippen molar-refractivity contribution < 1.29 is 14.6 Å². The van der Waals surface area contributed by atoms with E-state index in [4.69, 9.17) is 9.72 Å². The average molecular weight is 507 g/mol. The number of allylic oxidation sites excluding steroid dienone is 1. The van der Waals surface area contributed by atoms with Crippen LogP contribution in [0.15, 0.2) is 115 Å². The molecule has 6 rings (SSSR count). The Labute approximate surface area is 222 Å². The molecule has 0 spiro atoms. The van der Waals surface area contributed by atoms with Gasteiger partial charge in [-0.1, -0.05) is 78.9 Å². The lowest BCUT2D eigenvalue weighted by molar-refractivity contribution is -0.149. The number of carbonyl (C=O) groups excluding carboxylic acids is 1. The molecule has 1 aromatic heterocycles. The number of rotatable bonds is 4. The predicted octanol–water partition coefficient (Wildman–Crippen LogP) is 4.31. The molecule has 4 heterocycles. The number of aliphatic hydroxyl groups is 1. The van der Waals surface area contributed by atoms with Crippen molar-refractivity contribution in [3.63, 3.8) is 0 Å². The Balaban J connectivity index is 1.49. The van der Waals surface area contributed by atoms with E-state index in [0.29, 0.717) is 18.9 Å². The Morgan fingerprint density at radius 2 is 1.76 bits per heavy atom. The van der Waals surface area contributed by atoms with E-state index in [1.807, 2.05) is 71.9 Å². The molecule has 1 fully saturated rings. The Morgan fingerprint density at radius 1 is 0.974 bits per heavy atom. The number of aromatic nitrogens is 1. The van der Waals surface area contributed by atoms with Crippen molar-refractivity contribution in [3.8, 4) is 0 Å². The molecule has 38 heavy (non-hydrogen) atoms. The van der Waals surface area contributed by atoms with Gasteiger partial charge in [-0.25, -0.2) is 0 Å². The van der Waals surface area contributed by atoms with Crippen LogP contribution in [0.3, 0.4) is 0 Å². The van der Waals surface area contributed by atoms with Gasteiger partial charge in [-0.3, -0.25) is 14.8 Å². The molecule has 3 atom stereocenters. The number of benzene rings is 2. The molecule has 1 saturated heterocycles. The molecule has 192 valence electrons. The number of fused-ring (bicyclic) bond motifs is 5. The zero-order valence-corrected chi connectivity index (χ0v) is 21.1. The maximum absolute atomic E-state index is 13.9. The van der Waals surface area contributed by atoms with Gasteiger partial charge < -0.3 is 14.7 Å². The summed E-state index contributed by atoms with van der Waals surface area (Å²) < 4.78 is 6.18. The van der Waals surface area contributed by atoms with Crippen LogP contribution in [0.25, 0.3) is 0 Å². The van der Waals surface area contributed by atoms with Crippen LogP contribution in [0.4, 0.5) is 0 Å². The van der Waals surface area contributed by atoms with Crippen molar-refractivity contribution in [2.45, 2.75) is 31.6 Å². The fraction of sp³-hybridized carbons (Fsp3) is 0.226. The number of amides is 1. The summed E-state index contributed by atoms with van der Waals surface area (Å²) in [5, 5.41) is 15.0. The molecule has 3 aromatic rings. The van der Waals surface area contributed by atoms with E-state index in [-0.39, 0.29) is 24.3 Å². The summed E-state index contributed by atoms with van der Waals surface area (Å²) in [5.74, 6) is 0.0861. The molecule has 3 aliphatic rings. The van der Waals surface area contributed by atoms with E-state index in [1.165, 1.54) is 0 Å². The third-order valence-electron chi connectivity index (χ3n) is 7.13. The topological polar surface area (TPSA) is 69.1 Å². The summed E-state index contributed by atoms with van der Waals surface area (Å²) in [6.07, 6.45) is 10.1. The minimum absolute atomic E-state index is 0.171. The number of hydrogen-bond acceptors (Lipinski definition) is 6. The van der Waals surface area contributed by atoms with Gasteiger partial charge >= 0.3 is 0 Å². The van der Waals surface area contributed by atoms with Crippen LogP contribution in [0, 0.1) is 0 Å². The third-order valence-corrected chi connectivity index (χ3v) is 7.13. The second kappa shape index (κ2) is 10.7. The molecule has 7 nitrogen and oxygen atoms in total. The Kier molecular flexibility index (Phi) is 6.77. The van der Waals surface area contributed by atoms with Gasteiger partial charge in [0.15, 0.2) is 11.5 Å². The number of hydrogen-bond donors (Lipinski definition) is 1. The highest BCUT2D eigenvalue weighted by atomic mass is 16.5. The second-order valence-corrected chi connectivity index (χ2v) is 9.59. The lowest BCUT2D eigenvalue weighted by atomic mass is 9.94. The van der Waals surface area contributed by atoms with Crippen molar-refractivity contribution in [1.82, 2.24) is 19.9 Å². The largest absolute Gasteiger partial charge is 0.488 e. The van der Waals surface area contributed by atoms with Crippen LogP contribution < -0.4 is 0 Å². The standard InChI is InChI=1S/C31H30N4O3/c36-27-17-20-34-29(30(27)38-21-23-11-4-1-5-12-23)31(37)33-19-9-3-8-16-26-25(15-10-18-32-26)28(35(34)22-33)24-13-6-2-7-14-24/h1-7,9-15,17-18,20,27-28,36H,8,16,19,21-22H2/b9-3-. The highest BCUT2D eigenvalue weighted by Crippen LogP contribution is 2.39. The summed E-state index contributed by atoms with van der Waals surface area (Å²) in [6.45, 7) is 1.08. The van der Waals surface area contributed by atoms with Gasteiger partial charge in [0.2, 0.25) is 0 Å². The van der Waals surface area contributed by atoms with Gasteiger partial charge in [0, 0.05) is 24.6 Å². The normalized spacial score (nSPS) is 23.8. The monoisotopic (exact) mass is 506 g/mol. The first-order chi connectivity index (χ1) is 18.7. The Bertz CT molecular complexity index is 1390. The smallest absolute Gasteiger partial charge is 0.276 e. The van der Waals surface area contributed by atoms with Crippen molar-refractivity contribution in [2.75, 3.05) is 13.2 Å². The van der Waals surface area contributed by atoms with E-state index in [2.05, 4.69) is 29.3 Å². The Hall–Kier alpha value is -4.20. The number of aryl methyl sites for hydroxylation is 1. The van der Waals surface area contributed by atoms with Crippen molar-refractivity contribution >= 4 is 5.91 Å². The number of carbonyl (C=O) groups is 1. The summed E-state index contributed by atoms with van der Waals surface area (Å²) in [5.41, 5.74) is 4.51. The van der Waals surface area contributed by atoms with Gasteiger partial charge in [-0.2, -0.15) is 5.01 Å². The van der Waals surface area contributed by atoms with Crippen molar-refractivity contribution in [1.29, 1.82) is 0 Å². The molecule has 0 aliphatic carbocycles. The van der Waals surface area contributed by atoms with E-state index in [0.717, 1.165) is 35.2 Å². The SMILES string of the molecule is O=C1C2=C(OCc3ccccc3)C(O)C=CN2N2CN1C/C=C\CCc1ncccc1C2c1ccccc1. The quantitative estimate of drug-likeness (QED) is 0.532. The van der Waals surface area contributed by atoms with Crippen LogP contribution in [-0.4, -0.2) is 50.2 Å². The first-order valence-electron chi connectivity index (χ1n) is 13.0. The minimum Gasteiger partial charge on any atom is -0.488 e. The summed E-state index contributed by atoms with van der Waals surface area (Å²) in [6, 6.07) is 23.9.